The first-order valence-corrected chi connectivity index (χ1v) is 14.4. The zero-order valence-corrected chi connectivity index (χ0v) is 23.2. The van der Waals surface area contributed by atoms with Crippen LogP contribution in [-0.2, 0) is 23.5 Å². The molecule has 2 aromatic rings. The average Bonchev–Trinajstić information content (AvgIpc) is 3.38. The van der Waals surface area contributed by atoms with Crippen molar-refractivity contribution in [3.05, 3.63) is 41.7 Å². The summed E-state index contributed by atoms with van der Waals surface area (Å²) in [6, 6.07) is 4.96. The highest BCUT2D eigenvalue weighted by Gasteiger charge is 2.24. The maximum absolute atomic E-state index is 13.1. The van der Waals surface area contributed by atoms with E-state index in [0.717, 1.165) is 38.6 Å². The van der Waals surface area contributed by atoms with Gasteiger partial charge < -0.3 is 20.7 Å². The zero-order chi connectivity index (χ0) is 27.2. The third-order valence-electron chi connectivity index (χ3n) is 6.62. The smallest absolute Gasteiger partial charge is 0.276 e. The number of carbonyl (C=O) groups is 1. The lowest BCUT2D eigenvalue weighted by atomic mass is 10.1. The first-order chi connectivity index (χ1) is 17.6. The molecule has 0 bridgehead atoms. The van der Waals surface area contributed by atoms with Crippen LogP contribution in [0.3, 0.4) is 0 Å². The summed E-state index contributed by atoms with van der Waals surface area (Å²) in [5.74, 6) is -0.0447. The largest absolute Gasteiger partial charge is 0.493 e. The molecule has 1 aromatic heterocycles. The van der Waals surface area contributed by atoms with Gasteiger partial charge in [-0.05, 0) is 63.9 Å². The Bertz CT molecular complexity index is 1220. The highest BCUT2D eigenvalue weighted by Crippen LogP contribution is 2.28. The van der Waals surface area contributed by atoms with Crippen LogP contribution in [0.15, 0.2) is 29.7 Å². The number of carbonyl (C=O) groups excluding carboxylic acids is 1. The average molecular weight is 533 g/mol. The number of nitrogens with two attached hydrogens (primary N) is 1. The molecule has 1 fully saturated rings. The van der Waals surface area contributed by atoms with E-state index in [9.17, 15) is 13.2 Å². The molecule has 0 spiro atoms. The number of hydrogen-bond donors (Lipinski definition) is 3. The van der Waals surface area contributed by atoms with Crippen LogP contribution in [0.4, 0.5) is 5.69 Å². The van der Waals surface area contributed by atoms with Gasteiger partial charge in [-0.25, -0.2) is 13.1 Å². The Labute approximate surface area is 220 Å². The Hall–Kier alpha value is -2.89. The van der Waals surface area contributed by atoms with E-state index in [1.165, 1.54) is 16.8 Å². The Morgan fingerprint density at radius 2 is 2.03 bits per heavy atom. The van der Waals surface area contributed by atoms with E-state index in [4.69, 9.17) is 10.5 Å². The van der Waals surface area contributed by atoms with Gasteiger partial charge in [0.1, 0.15) is 11.4 Å². The number of rotatable bonds is 13. The van der Waals surface area contributed by atoms with Crippen LogP contribution >= 0.6 is 0 Å². The van der Waals surface area contributed by atoms with Gasteiger partial charge >= 0.3 is 0 Å². The number of benzene rings is 1. The molecule has 1 aromatic carbocycles. The van der Waals surface area contributed by atoms with Crippen LogP contribution in [-0.4, -0.2) is 61.8 Å². The quantitative estimate of drug-likeness (QED) is 0.361. The SMILES string of the molecule is C=C(NC(=O)c1c(N)c(CCC)nn1C)c1cc(S(=O)(=O)NCCC2CCCN2C)ccc1OCCC. The maximum atomic E-state index is 13.1. The van der Waals surface area contributed by atoms with Crippen molar-refractivity contribution in [3.63, 3.8) is 0 Å². The number of aromatic nitrogens is 2. The molecule has 11 heteroatoms. The molecule has 1 unspecified atom stereocenters. The maximum Gasteiger partial charge on any atom is 0.276 e. The lowest BCUT2D eigenvalue weighted by molar-refractivity contribution is 0.0965. The summed E-state index contributed by atoms with van der Waals surface area (Å²) in [7, 11) is -0.0473. The second kappa shape index (κ2) is 12.6. The van der Waals surface area contributed by atoms with Gasteiger partial charge in [0.05, 0.1) is 22.9 Å². The second-order valence-electron chi connectivity index (χ2n) is 9.48. The minimum absolute atomic E-state index is 0.0757. The fourth-order valence-electron chi connectivity index (χ4n) is 4.59. The molecule has 10 nitrogen and oxygen atoms in total. The third kappa shape index (κ3) is 6.91. The molecule has 3 rings (SSSR count). The third-order valence-corrected chi connectivity index (χ3v) is 8.07. The number of nitrogen functional groups attached to an aromatic ring is 1. The fourth-order valence-corrected chi connectivity index (χ4v) is 5.66. The first-order valence-electron chi connectivity index (χ1n) is 12.9. The molecule has 1 saturated heterocycles. The van der Waals surface area contributed by atoms with Crippen molar-refractivity contribution in [1.82, 2.24) is 24.7 Å². The van der Waals surface area contributed by atoms with Crippen LogP contribution in [0, 0.1) is 0 Å². The monoisotopic (exact) mass is 532 g/mol. The normalized spacial score (nSPS) is 16.2. The van der Waals surface area contributed by atoms with Gasteiger partial charge in [-0.1, -0.05) is 26.8 Å². The number of hydrogen-bond acceptors (Lipinski definition) is 7. The topological polar surface area (TPSA) is 132 Å². The van der Waals surface area contributed by atoms with E-state index in [1.807, 2.05) is 13.8 Å². The molecule has 37 heavy (non-hydrogen) atoms. The van der Waals surface area contributed by atoms with Crippen molar-refractivity contribution in [3.8, 4) is 5.75 Å². The number of aryl methyl sites for hydroxylation is 2. The molecule has 1 aliphatic rings. The molecule has 204 valence electrons. The van der Waals surface area contributed by atoms with E-state index in [0.29, 0.717) is 48.3 Å². The van der Waals surface area contributed by atoms with Gasteiger partial charge in [0.25, 0.3) is 5.91 Å². The molecular weight excluding hydrogens is 492 g/mol. The number of likely N-dealkylation sites (tertiary alicyclic amines) is 1. The molecule has 1 atom stereocenters. The molecule has 2 heterocycles. The summed E-state index contributed by atoms with van der Waals surface area (Å²) in [5.41, 5.74) is 8.00. The number of sulfonamides is 1. The summed E-state index contributed by atoms with van der Waals surface area (Å²) in [5, 5.41) is 7.11. The molecular formula is C26H40N6O4S. The van der Waals surface area contributed by atoms with Gasteiger partial charge in [-0.2, -0.15) is 5.10 Å². The van der Waals surface area contributed by atoms with Gasteiger partial charge in [0, 0.05) is 30.9 Å². The summed E-state index contributed by atoms with van der Waals surface area (Å²) in [4.78, 5) is 15.4. The van der Waals surface area contributed by atoms with Crippen LogP contribution < -0.4 is 20.5 Å². The minimum atomic E-state index is -3.77. The Balaban J connectivity index is 1.80. The predicted molar refractivity (Wildman–Crippen MR) is 146 cm³/mol. The van der Waals surface area contributed by atoms with Crippen LogP contribution in [0.25, 0.3) is 5.70 Å². The van der Waals surface area contributed by atoms with E-state index in [2.05, 4.69) is 33.7 Å². The number of amides is 1. The van der Waals surface area contributed by atoms with Crippen molar-refractivity contribution >= 4 is 27.3 Å². The Kier molecular flexibility index (Phi) is 9.74. The molecule has 0 radical (unpaired) electrons. The second-order valence-corrected chi connectivity index (χ2v) is 11.3. The number of ether oxygens (including phenoxy) is 1. The number of anilines is 1. The van der Waals surface area contributed by atoms with Gasteiger partial charge in [-0.3, -0.25) is 9.48 Å². The summed E-state index contributed by atoms with van der Waals surface area (Å²) < 4.78 is 36.1. The summed E-state index contributed by atoms with van der Waals surface area (Å²) in [6.07, 6.45) is 5.23. The summed E-state index contributed by atoms with van der Waals surface area (Å²) in [6.45, 7) is 9.81. The predicted octanol–water partition coefficient (Wildman–Crippen LogP) is 2.91. The van der Waals surface area contributed by atoms with Crippen LogP contribution in [0.5, 0.6) is 5.75 Å². The number of nitrogens with zero attached hydrogens (tertiary/aromatic N) is 3. The van der Waals surface area contributed by atoms with Crippen LogP contribution in [0.2, 0.25) is 0 Å². The first kappa shape index (κ1) is 28.7. The van der Waals surface area contributed by atoms with E-state index < -0.39 is 15.9 Å². The molecule has 0 saturated carbocycles. The molecule has 1 aliphatic heterocycles. The zero-order valence-electron chi connectivity index (χ0n) is 22.3. The van der Waals surface area contributed by atoms with E-state index >= 15 is 0 Å². The molecule has 4 N–H and O–H groups in total. The minimum Gasteiger partial charge on any atom is -0.493 e. The molecule has 0 aliphatic carbocycles. The van der Waals surface area contributed by atoms with E-state index in [1.54, 1.807) is 13.1 Å². The van der Waals surface area contributed by atoms with Gasteiger partial charge in [-0.15, -0.1) is 0 Å². The fraction of sp³-hybridized carbons (Fsp3) is 0.538. The lowest BCUT2D eigenvalue weighted by Crippen LogP contribution is -2.32. The van der Waals surface area contributed by atoms with Gasteiger partial charge in [0.15, 0.2) is 0 Å². The van der Waals surface area contributed by atoms with Crippen molar-refractivity contribution < 1.29 is 17.9 Å². The lowest BCUT2D eigenvalue weighted by Gasteiger charge is -2.19. The van der Waals surface area contributed by atoms with Gasteiger partial charge in [0.2, 0.25) is 10.0 Å². The van der Waals surface area contributed by atoms with Crippen molar-refractivity contribution in [2.24, 2.45) is 7.05 Å². The van der Waals surface area contributed by atoms with Crippen LogP contribution in [0.1, 0.15) is 67.7 Å². The summed E-state index contributed by atoms with van der Waals surface area (Å²) >= 11 is 0. The highest BCUT2D eigenvalue weighted by atomic mass is 32.2. The number of nitrogens with one attached hydrogen (secondary N) is 2. The standard InChI is InChI=1S/C26H40N6O4S/c1-6-9-22-24(27)25(32(5)30-22)26(33)29-18(3)21-17-20(11-12-23(21)36-16-7-2)37(34,35)28-14-13-19-10-8-15-31(19)4/h11-12,17,19,28H,3,6-10,13-16,27H2,1-2,4-5H3,(H,29,33). The molecule has 1 amide bonds. The highest BCUT2D eigenvalue weighted by molar-refractivity contribution is 7.89. The van der Waals surface area contributed by atoms with Crippen molar-refractivity contribution in [2.75, 3.05) is 32.5 Å². The van der Waals surface area contributed by atoms with E-state index in [-0.39, 0.29) is 16.3 Å². The Morgan fingerprint density at radius 3 is 2.68 bits per heavy atom. The van der Waals surface area contributed by atoms with Crippen molar-refractivity contribution in [2.45, 2.75) is 63.3 Å². The Morgan fingerprint density at radius 1 is 1.27 bits per heavy atom. The van der Waals surface area contributed by atoms with Crippen molar-refractivity contribution in [1.29, 1.82) is 0 Å².